The summed E-state index contributed by atoms with van der Waals surface area (Å²) in [6.07, 6.45) is 3.58. The summed E-state index contributed by atoms with van der Waals surface area (Å²) in [5.74, 6) is -0.922. The molecule has 21 heavy (non-hydrogen) atoms. The van der Waals surface area contributed by atoms with Gasteiger partial charge in [-0.1, -0.05) is 44.2 Å². The van der Waals surface area contributed by atoms with Gasteiger partial charge in [-0.2, -0.15) is 0 Å². The van der Waals surface area contributed by atoms with Gasteiger partial charge in [0.05, 0.1) is 0 Å². The molecule has 0 amide bonds. The van der Waals surface area contributed by atoms with E-state index >= 15 is 0 Å². The summed E-state index contributed by atoms with van der Waals surface area (Å²) < 4.78 is 0. The molecular weight excluding hydrogens is 290 g/mol. The second-order valence-electron chi connectivity index (χ2n) is 4.19. The number of carboxylic acids is 1. The lowest BCUT2D eigenvalue weighted by molar-refractivity contribution is -0.131. The van der Waals surface area contributed by atoms with Gasteiger partial charge in [0.2, 0.25) is 0 Å². The minimum atomic E-state index is -0.922. The van der Waals surface area contributed by atoms with Crippen molar-refractivity contribution < 1.29 is 15.0 Å². The van der Waals surface area contributed by atoms with Gasteiger partial charge in [-0.3, -0.25) is 0 Å². The summed E-state index contributed by atoms with van der Waals surface area (Å²) in [5.41, 5.74) is 0.898. The van der Waals surface area contributed by atoms with Crippen molar-refractivity contribution in [2.45, 2.75) is 20.3 Å². The van der Waals surface area contributed by atoms with E-state index in [1.807, 2.05) is 30.3 Å². The first-order valence-corrected chi connectivity index (χ1v) is 6.93. The first-order chi connectivity index (χ1) is 9.63. The SMILES string of the molecule is CCN(CC)CCCO.Cl.O=C(O)/C=C/c1ccccc1. The molecular formula is C16H26ClNO3. The van der Waals surface area contributed by atoms with E-state index in [2.05, 4.69) is 18.7 Å². The molecule has 0 heterocycles. The lowest BCUT2D eigenvalue weighted by atomic mass is 10.2. The fourth-order valence-electron chi connectivity index (χ4n) is 1.57. The van der Waals surface area contributed by atoms with Crippen molar-refractivity contribution in [2.75, 3.05) is 26.2 Å². The number of aliphatic hydroxyl groups is 1. The fourth-order valence-corrected chi connectivity index (χ4v) is 1.57. The third kappa shape index (κ3) is 13.4. The van der Waals surface area contributed by atoms with E-state index in [9.17, 15) is 4.79 Å². The predicted molar refractivity (Wildman–Crippen MR) is 89.9 cm³/mol. The van der Waals surface area contributed by atoms with Crippen LogP contribution in [0.15, 0.2) is 36.4 Å². The molecule has 0 spiro atoms. The highest BCUT2D eigenvalue weighted by atomic mass is 35.5. The molecule has 0 bridgehead atoms. The number of benzene rings is 1. The average Bonchev–Trinajstić information content (AvgIpc) is 2.48. The van der Waals surface area contributed by atoms with E-state index in [0.29, 0.717) is 6.61 Å². The zero-order chi connectivity index (χ0) is 15.2. The molecule has 1 rings (SSSR count). The number of hydrogen-bond acceptors (Lipinski definition) is 3. The van der Waals surface area contributed by atoms with Crippen LogP contribution in [0.2, 0.25) is 0 Å². The molecule has 0 fully saturated rings. The molecule has 0 aliphatic carbocycles. The maximum Gasteiger partial charge on any atom is 0.328 e. The summed E-state index contributed by atoms with van der Waals surface area (Å²) in [6, 6.07) is 9.31. The standard InChI is InChI=1S/C9H8O2.C7H17NO.ClH/c10-9(11)7-6-8-4-2-1-3-5-8;1-3-8(4-2)6-5-7-9;/h1-7H,(H,10,11);9H,3-7H2,1-2H3;1H/b7-6+;;. The largest absolute Gasteiger partial charge is 0.478 e. The molecule has 1 aromatic rings. The van der Waals surface area contributed by atoms with Crippen LogP contribution < -0.4 is 0 Å². The van der Waals surface area contributed by atoms with Crippen LogP contribution in [-0.2, 0) is 4.79 Å². The quantitative estimate of drug-likeness (QED) is 0.760. The molecule has 0 unspecified atom stereocenters. The molecule has 4 nitrogen and oxygen atoms in total. The Labute approximate surface area is 133 Å². The van der Waals surface area contributed by atoms with E-state index < -0.39 is 5.97 Å². The molecule has 0 radical (unpaired) electrons. The average molecular weight is 316 g/mol. The zero-order valence-corrected chi connectivity index (χ0v) is 13.6. The Morgan fingerprint density at radius 2 is 1.76 bits per heavy atom. The number of aliphatic hydroxyl groups excluding tert-OH is 1. The van der Waals surface area contributed by atoms with Crippen molar-refractivity contribution in [1.82, 2.24) is 4.90 Å². The van der Waals surface area contributed by atoms with Gasteiger partial charge in [-0.15, -0.1) is 12.4 Å². The highest BCUT2D eigenvalue weighted by Crippen LogP contribution is 1.99. The van der Waals surface area contributed by atoms with Crippen LogP contribution in [0, 0.1) is 0 Å². The molecule has 1 aromatic carbocycles. The minimum Gasteiger partial charge on any atom is -0.478 e. The highest BCUT2D eigenvalue weighted by molar-refractivity contribution is 5.85. The normalized spacial score (nSPS) is 9.90. The van der Waals surface area contributed by atoms with Gasteiger partial charge in [0.25, 0.3) is 0 Å². The van der Waals surface area contributed by atoms with E-state index in [-0.39, 0.29) is 12.4 Å². The van der Waals surface area contributed by atoms with E-state index in [4.69, 9.17) is 10.2 Å². The van der Waals surface area contributed by atoms with E-state index in [0.717, 1.165) is 37.7 Å². The molecule has 5 heteroatoms. The van der Waals surface area contributed by atoms with Gasteiger partial charge in [0.1, 0.15) is 0 Å². The van der Waals surface area contributed by atoms with Gasteiger partial charge in [0, 0.05) is 19.2 Å². The Morgan fingerprint density at radius 1 is 1.19 bits per heavy atom. The van der Waals surface area contributed by atoms with Gasteiger partial charge in [-0.05, 0) is 31.1 Å². The Balaban J connectivity index is 0. The van der Waals surface area contributed by atoms with E-state index in [1.165, 1.54) is 0 Å². The van der Waals surface area contributed by atoms with E-state index in [1.54, 1.807) is 6.08 Å². The topological polar surface area (TPSA) is 60.8 Å². The molecule has 0 aromatic heterocycles. The smallest absolute Gasteiger partial charge is 0.328 e. The molecule has 0 atom stereocenters. The van der Waals surface area contributed by atoms with Crippen LogP contribution in [0.4, 0.5) is 0 Å². The lowest BCUT2D eigenvalue weighted by Crippen LogP contribution is -2.24. The molecule has 0 aliphatic heterocycles. The molecule has 0 saturated carbocycles. The van der Waals surface area contributed by atoms with Crippen molar-refractivity contribution in [3.63, 3.8) is 0 Å². The predicted octanol–water partition coefficient (Wildman–Crippen LogP) is 2.92. The molecule has 0 saturated heterocycles. The summed E-state index contributed by atoms with van der Waals surface area (Å²) in [5, 5.41) is 16.8. The van der Waals surface area contributed by atoms with Crippen LogP contribution in [-0.4, -0.2) is 47.3 Å². The van der Waals surface area contributed by atoms with Crippen molar-refractivity contribution in [3.8, 4) is 0 Å². The van der Waals surface area contributed by atoms with Crippen LogP contribution in [0.25, 0.3) is 6.08 Å². The van der Waals surface area contributed by atoms with Gasteiger partial charge in [-0.25, -0.2) is 4.79 Å². The number of carboxylic acid groups (broad SMARTS) is 1. The number of rotatable bonds is 7. The van der Waals surface area contributed by atoms with Gasteiger partial charge in [0.15, 0.2) is 0 Å². The van der Waals surface area contributed by atoms with Crippen molar-refractivity contribution in [3.05, 3.63) is 42.0 Å². The van der Waals surface area contributed by atoms with Crippen LogP contribution in [0.3, 0.4) is 0 Å². The van der Waals surface area contributed by atoms with Crippen LogP contribution in [0.5, 0.6) is 0 Å². The van der Waals surface area contributed by atoms with Gasteiger partial charge < -0.3 is 15.1 Å². The maximum absolute atomic E-state index is 10.1. The summed E-state index contributed by atoms with van der Waals surface area (Å²) in [6.45, 7) is 7.81. The second-order valence-corrected chi connectivity index (χ2v) is 4.19. The number of halogens is 1. The fraction of sp³-hybridized carbons (Fsp3) is 0.438. The number of hydrogen-bond donors (Lipinski definition) is 2. The van der Waals surface area contributed by atoms with Crippen molar-refractivity contribution in [1.29, 1.82) is 0 Å². The Hall–Kier alpha value is -1.36. The Bertz CT molecular complexity index is 378. The Morgan fingerprint density at radius 3 is 2.19 bits per heavy atom. The molecule has 2 N–H and O–H groups in total. The summed E-state index contributed by atoms with van der Waals surface area (Å²) in [4.78, 5) is 12.4. The Kier molecular flexibility index (Phi) is 15.7. The maximum atomic E-state index is 10.1. The van der Waals surface area contributed by atoms with Crippen LogP contribution >= 0.6 is 12.4 Å². The third-order valence-electron chi connectivity index (χ3n) is 2.74. The monoisotopic (exact) mass is 315 g/mol. The second kappa shape index (κ2) is 15.0. The zero-order valence-electron chi connectivity index (χ0n) is 12.7. The summed E-state index contributed by atoms with van der Waals surface area (Å²) >= 11 is 0. The molecule has 0 aliphatic rings. The first kappa shape index (κ1) is 21.9. The lowest BCUT2D eigenvalue weighted by Gasteiger charge is -2.16. The van der Waals surface area contributed by atoms with Crippen molar-refractivity contribution >= 4 is 24.5 Å². The third-order valence-corrected chi connectivity index (χ3v) is 2.74. The minimum absolute atomic E-state index is 0. The molecule has 120 valence electrons. The number of aliphatic carboxylic acids is 1. The first-order valence-electron chi connectivity index (χ1n) is 6.93. The number of carbonyl (C=O) groups is 1. The number of nitrogens with zero attached hydrogens (tertiary/aromatic N) is 1. The van der Waals surface area contributed by atoms with Crippen molar-refractivity contribution in [2.24, 2.45) is 0 Å². The van der Waals surface area contributed by atoms with Crippen LogP contribution in [0.1, 0.15) is 25.8 Å². The van der Waals surface area contributed by atoms with Gasteiger partial charge >= 0.3 is 5.97 Å². The highest BCUT2D eigenvalue weighted by Gasteiger charge is 1.95. The summed E-state index contributed by atoms with van der Waals surface area (Å²) in [7, 11) is 0.